The van der Waals surface area contributed by atoms with Crippen LogP contribution >= 0.6 is 0 Å². The molecule has 0 spiro atoms. The molecule has 1 aliphatic heterocycles. The fraction of sp³-hybridized carbons (Fsp3) is 0.318. The highest BCUT2D eigenvalue weighted by atomic mass is 19.1. The van der Waals surface area contributed by atoms with E-state index < -0.39 is 35.6 Å². The number of nitrogens with one attached hydrogen (secondary N) is 2. The molecular weight excluding hydrogens is 407 g/mol. The van der Waals surface area contributed by atoms with Gasteiger partial charge in [-0.15, -0.1) is 0 Å². The summed E-state index contributed by atoms with van der Waals surface area (Å²) in [5.41, 5.74) is 1.44. The van der Waals surface area contributed by atoms with Crippen LogP contribution in [0.1, 0.15) is 30.4 Å². The number of esters is 1. The van der Waals surface area contributed by atoms with Gasteiger partial charge >= 0.3 is 5.97 Å². The van der Waals surface area contributed by atoms with Crippen LogP contribution < -0.4 is 20.1 Å². The zero-order valence-electron chi connectivity index (χ0n) is 17.4. The molecule has 0 saturated heterocycles. The number of amides is 2. The van der Waals surface area contributed by atoms with Gasteiger partial charge in [-0.05, 0) is 42.3 Å². The van der Waals surface area contributed by atoms with Crippen molar-refractivity contribution < 1.29 is 33.0 Å². The summed E-state index contributed by atoms with van der Waals surface area (Å²) in [4.78, 5) is 36.9. The van der Waals surface area contributed by atoms with Gasteiger partial charge in [0.05, 0.1) is 20.1 Å². The Hall–Kier alpha value is -3.62. The third-order valence-corrected chi connectivity index (χ3v) is 4.92. The molecule has 2 aromatic rings. The number of rotatable bonds is 7. The smallest absolute Gasteiger partial charge is 0.314 e. The van der Waals surface area contributed by atoms with Gasteiger partial charge in [-0.3, -0.25) is 14.4 Å². The highest BCUT2D eigenvalue weighted by Gasteiger charge is 2.33. The number of ether oxygens (including phenoxy) is 3. The second-order valence-corrected chi connectivity index (χ2v) is 7.02. The lowest BCUT2D eigenvalue weighted by Crippen LogP contribution is -2.37. The molecule has 9 heteroatoms. The summed E-state index contributed by atoms with van der Waals surface area (Å²) in [7, 11) is 3.04. The van der Waals surface area contributed by atoms with Crippen molar-refractivity contribution in [2.45, 2.75) is 31.9 Å². The minimum absolute atomic E-state index is 0.141. The maximum absolute atomic E-state index is 13.4. The third-order valence-electron chi connectivity index (χ3n) is 4.92. The Bertz CT molecular complexity index is 1010. The van der Waals surface area contributed by atoms with Crippen LogP contribution in [0, 0.1) is 5.82 Å². The van der Waals surface area contributed by atoms with Crippen molar-refractivity contribution in [3.05, 3.63) is 53.3 Å². The molecule has 0 aliphatic carbocycles. The van der Waals surface area contributed by atoms with Crippen LogP contribution in [0.2, 0.25) is 0 Å². The van der Waals surface area contributed by atoms with Gasteiger partial charge in [0.1, 0.15) is 5.82 Å². The second-order valence-electron chi connectivity index (χ2n) is 7.02. The maximum atomic E-state index is 13.4. The van der Waals surface area contributed by atoms with Gasteiger partial charge in [-0.2, -0.15) is 0 Å². The first-order valence-electron chi connectivity index (χ1n) is 9.60. The molecule has 2 N–H and O–H groups in total. The standard InChI is InChI=1S/C22H23FN2O6/c1-12(21(27)24-11-13-4-7-18(29-2)19(8-13)30-3)31-22(28)16-10-20(26)25-17-9-14(23)5-6-15(16)17/h4-9,12,16H,10-11H2,1-3H3,(H,24,27)(H,25,26)/t12-,16-/m0/s1. The molecule has 2 aromatic carbocycles. The van der Waals surface area contributed by atoms with Gasteiger partial charge in [0, 0.05) is 18.7 Å². The molecule has 0 saturated carbocycles. The van der Waals surface area contributed by atoms with Gasteiger partial charge in [-0.1, -0.05) is 12.1 Å². The number of hydrogen-bond acceptors (Lipinski definition) is 6. The normalized spacial score (nSPS) is 15.9. The molecule has 2 amide bonds. The third kappa shape index (κ3) is 5.11. The second kappa shape index (κ2) is 9.46. The minimum atomic E-state index is -1.08. The van der Waals surface area contributed by atoms with E-state index >= 15 is 0 Å². The van der Waals surface area contributed by atoms with Crippen molar-refractivity contribution in [2.75, 3.05) is 19.5 Å². The summed E-state index contributed by atoms with van der Waals surface area (Å²) in [6.45, 7) is 1.63. The molecule has 0 radical (unpaired) electrons. The molecule has 0 bridgehead atoms. The molecule has 164 valence electrons. The monoisotopic (exact) mass is 430 g/mol. The lowest BCUT2D eigenvalue weighted by atomic mass is 9.90. The van der Waals surface area contributed by atoms with E-state index in [0.29, 0.717) is 17.1 Å². The molecule has 0 fully saturated rings. The fourth-order valence-corrected chi connectivity index (χ4v) is 3.28. The van der Waals surface area contributed by atoms with E-state index in [1.54, 1.807) is 18.2 Å². The SMILES string of the molecule is COc1ccc(CNC(=O)[C@H](C)OC(=O)[C@H]2CC(=O)Nc3cc(F)ccc32)cc1OC. The number of hydrogen-bond donors (Lipinski definition) is 2. The van der Waals surface area contributed by atoms with Gasteiger partial charge in [0.2, 0.25) is 5.91 Å². The molecule has 2 atom stereocenters. The van der Waals surface area contributed by atoms with Gasteiger partial charge < -0.3 is 24.8 Å². The van der Waals surface area contributed by atoms with E-state index in [-0.39, 0.29) is 18.7 Å². The van der Waals surface area contributed by atoms with Crippen LogP contribution in [0.15, 0.2) is 36.4 Å². The summed E-state index contributed by atoms with van der Waals surface area (Å²) in [5.74, 6) is -2.00. The fourth-order valence-electron chi connectivity index (χ4n) is 3.28. The predicted octanol–water partition coefficient (Wildman–Crippen LogP) is 2.52. The Balaban J connectivity index is 1.61. The number of anilines is 1. The summed E-state index contributed by atoms with van der Waals surface area (Å²) in [6.07, 6.45) is -1.22. The number of benzene rings is 2. The molecule has 8 nitrogen and oxygen atoms in total. The molecule has 3 rings (SSSR count). The van der Waals surface area contributed by atoms with E-state index in [4.69, 9.17) is 14.2 Å². The number of halogens is 1. The van der Waals surface area contributed by atoms with Gasteiger partial charge in [-0.25, -0.2) is 4.39 Å². The van der Waals surface area contributed by atoms with Crippen molar-refractivity contribution in [3.8, 4) is 11.5 Å². The number of fused-ring (bicyclic) bond motifs is 1. The average molecular weight is 430 g/mol. The van der Waals surface area contributed by atoms with Crippen molar-refractivity contribution >= 4 is 23.5 Å². The van der Waals surface area contributed by atoms with Crippen LogP contribution in [-0.2, 0) is 25.7 Å². The maximum Gasteiger partial charge on any atom is 0.314 e. The van der Waals surface area contributed by atoms with Crippen LogP contribution in [0.4, 0.5) is 10.1 Å². The van der Waals surface area contributed by atoms with E-state index in [2.05, 4.69) is 10.6 Å². The molecule has 0 aromatic heterocycles. The van der Waals surface area contributed by atoms with Crippen molar-refractivity contribution in [3.63, 3.8) is 0 Å². The van der Waals surface area contributed by atoms with E-state index in [9.17, 15) is 18.8 Å². The van der Waals surface area contributed by atoms with E-state index in [0.717, 1.165) is 11.6 Å². The lowest BCUT2D eigenvalue weighted by molar-refractivity contribution is -0.157. The van der Waals surface area contributed by atoms with Crippen LogP contribution in [-0.4, -0.2) is 38.1 Å². The van der Waals surface area contributed by atoms with E-state index in [1.807, 2.05) is 0 Å². The average Bonchev–Trinajstić information content (AvgIpc) is 2.76. The van der Waals surface area contributed by atoms with Crippen LogP contribution in [0.25, 0.3) is 0 Å². The molecule has 1 heterocycles. The summed E-state index contributed by atoms with van der Waals surface area (Å²) in [6, 6.07) is 9.00. The Morgan fingerprint density at radius 2 is 1.90 bits per heavy atom. The zero-order valence-corrected chi connectivity index (χ0v) is 17.4. The number of methoxy groups -OCH3 is 2. The topological polar surface area (TPSA) is 103 Å². The number of carbonyl (C=O) groups excluding carboxylic acids is 3. The van der Waals surface area contributed by atoms with E-state index in [1.165, 1.54) is 33.3 Å². The van der Waals surface area contributed by atoms with Gasteiger partial charge in [0.25, 0.3) is 5.91 Å². The largest absolute Gasteiger partial charge is 0.493 e. The quantitative estimate of drug-likeness (QED) is 0.655. The summed E-state index contributed by atoms with van der Waals surface area (Å²) >= 11 is 0. The Labute approximate surface area is 178 Å². The Morgan fingerprint density at radius 1 is 1.16 bits per heavy atom. The van der Waals surface area contributed by atoms with Crippen molar-refractivity contribution in [2.24, 2.45) is 0 Å². The van der Waals surface area contributed by atoms with Crippen molar-refractivity contribution in [1.29, 1.82) is 0 Å². The minimum Gasteiger partial charge on any atom is -0.493 e. The van der Waals surface area contributed by atoms with Crippen molar-refractivity contribution in [1.82, 2.24) is 5.32 Å². The number of carbonyl (C=O) groups is 3. The Morgan fingerprint density at radius 3 is 2.61 bits per heavy atom. The van der Waals surface area contributed by atoms with Crippen LogP contribution in [0.5, 0.6) is 11.5 Å². The first-order chi connectivity index (χ1) is 14.8. The zero-order chi connectivity index (χ0) is 22.5. The molecule has 0 unspecified atom stereocenters. The van der Waals surface area contributed by atoms with Gasteiger partial charge in [0.15, 0.2) is 17.6 Å². The predicted molar refractivity (Wildman–Crippen MR) is 109 cm³/mol. The molecule has 31 heavy (non-hydrogen) atoms. The highest BCUT2D eigenvalue weighted by molar-refractivity contribution is 6.00. The Kier molecular flexibility index (Phi) is 6.74. The first kappa shape index (κ1) is 22.1. The first-order valence-corrected chi connectivity index (χ1v) is 9.60. The lowest BCUT2D eigenvalue weighted by Gasteiger charge is -2.25. The molecular formula is C22H23FN2O6. The summed E-state index contributed by atoms with van der Waals surface area (Å²) < 4.78 is 29.1. The molecule has 1 aliphatic rings. The highest BCUT2D eigenvalue weighted by Crippen LogP contribution is 2.34. The van der Waals surface area contributed by atoms with Crippen LogP contribution in [0.3, 0.4) is 0 Å². The summed E-state index contributed by atoms with van der Waals surface area (Å²) in [5, 5.41) is 5.22.